The minimum Gasteiger partial charge on any atom is -0.488 e. The Morgan fingerprint density at radius 2 is 1.46 bits per heavy atom. The molecule has 0 aliphatic rings. The number of aliphatic hydroxyl groups excluding tert-OH is 1. The molecule has 0 radical (unpaired) electrons. The van der Waals surface area contributed by atoms with E-state index in [2.05, 4.69) is 5.32 Å². The quantitative estimate of drug-likeness (QED) is 0.329. The Kier molecular flexibility index (Phi) is 10.3. The second kappa shape index (κ2) is 13.6. The molecule has 0 saturated carbocycles. The SMILES string of the molecule is C/C=C(\c1ccccc1OCc1ccccc1)[C@@H](OCc1ccccc1)[C@H](CO)NC(=O)OC(C)(C)C. The summed E-state index contributed by atoms with van der Waals surface area (Å²) < 4.78 is 18.0. The van der Waals surface area contributed by atoms with Crippen LogP contribution in [-0.4, -0.2) is 35.6 Å². The molecule has 1 amide bonds. The zero-order valence-corrected chi connectivity index (χ0v) is 22.0. The van der Waals surface area contributed by atoms with Gasteiger partial charge in [-0.05, 0) is 50.5 Å². The molecule has 3 aromatic rings. The minimum absolute atomic E-state index is 0.294. The van der Waals surface area contributed by atoms with E-state index in [0.717, 1.165) is 22.3 Å². The molecular weight excluding hydrogens is 466 g/mol. The summed E-state index contributed by atoms with van der Waals surface area (Å²) >= 11 is 0. The monoisotopic (exact) mass is 503 g/mol. The highest BCUT2D eigenvalue weighted by atomic mass is 16.6. The van der Waals surface area contributed by atoms with E-state index in [9.17, 15) is 9.90 Å². The Hall–Kier alpha value is -3.61. The third kappa shape index (κ3) is 8.77. The molecule has 0 heterocycles. The summed E-state index contributed by atoms with van der Waals surface area (Å²) in [6.07, 6.45) is 0.632. The Bertz CT molecular complexity index is 1140. The summed E-state index contributed by atoms with van der Waals surface area (Å²) in [4.78, 5) is 12.6. The van der Waals surface area contributed by atoms with Crippen molar-refractivity contribution in [3.05, 3.63) is 108 Å². The number of allylic oxidation sites excluding steroid dienone is 1. The van der Waals surface area contributed by atoms with Crippen molar-refractivity contribution < 1.29 is 24.1 Å². The summed E-state index contributed by atoms with van der Waals surface area (Å²) in [5.74, 6) is 0.682. The van der Waals surface area contributed by atoms with Crippen LogP contribution in [0.4, 0.5) is 4.79 Å². The van der Waals surface area contributed by atoms with Gasteiger partial charge in [0.05, 0.1) is 19.3 Å². The van der Waals surface area contributed by atoms with Gasteiger partial charge in [-0.1, -0.05) is 84.9 Å². The van der Waals surface area contributed by atoms with Crippen LogP contribution in [-0.2, 0) is 22.7 Å². The van der Waals surface area contributed by atoms with Crippen molar-refractivity contribution in [2.75, 3.05) is 6.61 Å². The van der Waals surface area contributed by atoms with E-state index in [4.69, 9.17) is 14.2 Å². The highest BCUT2D eigenvalue weighted by Crippen LogP contribution is 2.32. The first-order valence-electron chi connectivity index (χ1n) is 12.5. The highest BCUT2D eigenvalue weighted by Gasteiger charge is 2.30. The van der Waals surface area contributed by atoms with Crippen molar-refractivity contribution in [2.24, 2.45) is 0 Å². The number of carbonyl (C=O) groups excluding carboxylic acids is 1. The summed E-state index contributed by atoms with van der Waals surface area (Å²) in [6.45, 7) is 7.64. The number of para-hydroxylation sites is 1. The maximum absolute atomic E-state index is 12.6. The molecule has 0 fully saturated rings. The van der Waals surface area contributed by atoms with Gasteiger partial charge in [0, 0.05) is 5.56 Å². The molecule has 37 heavy (non-hydrogen) atoms. The summed E-state index contributed by atoms with van der Waals surface area (Å²) in [5.41, 5.74) is 2.96. The van der Waals surface area contributed by atoms with E-state index < -0.39 is 23.8 Å². The molecule has 2 atom stereocenters. The first kappa shape index (κ1) is 28.0. The molecule has 196 valence electrons. The molecule has 0 unspecified atom stereocenters. The van der Waals surface area contributed by atoms with Crippen molar-refractivity contribution in [1.29, 1.82) is 0 Å². The number of amides is 1. The number of hydrogen-bond donors (Lipinski definition) is 2. The topological polar surface area (TPSA) is 77.0 Å². The first-order valence-corrected chi connectivity index (χ1v) is 12.5. The average molecular weight is 504 g/mol. The van der Waals surface area contributed by atoms with Gasteiger partial charge in [0.25, 0.3) is 0 Å². The summed E-state index contributed by atoms with van der Waals surface area (Å²) in [6, 6.07) is 26.7. The van der Waals surface area contributed by atoms with E-state index >= 15 is 0 Å². The Morgan fingerprint density at radius 3 is 2.03 bits per heavy atom. The van der Waals surface area contributed by atoms with Crippen LogP contribution in [0.15, 0.2) is 91.0 Å². The predicted octanol–water partition coefficient (Wildman–Crippen LogP) is 6.14. The van der Waals surface area contributed by atoms with Crippen LogP contribution in [0.5, 0.6) is 5.75 Å². The van der Waals surface area contributed by atoms with Gasteiger partial charge in [-0.3, -0.25) is 0 Å². The van der Waals surface area contributed by atoms with Gasteiger partial charge in [-0.25, -0.2) is 4.79 Å². The zero-order chi connectivity index (χ0) is 26.7. The standard InChI is InChI=1S/C31H37NO5/c1-5-25(26-18-12-13-19-28(26)35-21-23-14-8-6-9-15-23)29(36-22-24-16-10-7-11-17-24)27(20-33)32-30(34)37-31(2,3)4/h5-19,27,29,33H,20-22H2,1-4H3,(H,32,34)/b25-5+/t27-,29+/m0/s1. The average Bonchev–Trinajstić information content (AvgIpc) is 2.89. The van der Waals surface area contributed by atoms with Crippen LogP contribution in [0.1, 0.15) is 44.4 Å². The van der Waals surface area contributed by atoms with Gasteiger partial charge in [0.1, 0.15) is 24.1 Å². The molecular formula is C31H37NO5. The van der Waals surface area contributed by atoms with Gasteiger partial charge in [-0.15, -0.1) is 0 Å². The molecule has 2 N–H and O–H groups in total. The second-order valence-electron chi connectivity index (χ2n) is 9.67. The van der Waals surface area contributed by atoms with Gasteiger partial charge >= 0.3 is 6.09 Å². The molecule has 3 rings (SSSR count). The van der Waals surface area contributed by atoms with Crippen LogP contribution < -0.4 is 10.1 Å². The van der Waals surface area contributed by atoms with Gasteiger partial charge in [0.2, 0.25) is 0 Å². The lowest BCUT2D eigenvalue weighted by Crippen LogP contribution is -2.49. The van der Waals surface area contributed by atoms with Crippen molar-refractivity contribution in [2.45, 2.75) is 58.7 Å². The predicted molar refractivity (Wildman–Crippen MR) is 146 cm³/mol. The molecule has 0 spiro atoms. The van der Waals surface area contributed by atoms with Gasteiger partial charge < -0.3 is 24.6 Å². The largest absolute Gasteiger partial charge is 0.488 e. The van der Waals surface area contributed by atoms with Gasteiger partial charge in [-0.2, -0.15) is 0 Å². The van der Waals surface area contributed by atoms with Crippen molar-refractivity contribution in [3.63, 3.8) is 0 Å². The molecule has 0 aliphatic heterocycles. The number of carbonyl (C=O) groups is 1. The van der Waals surface area contributed by atoms with Crippen molar-refractivity contribution in [1.82, 2.24) is 5.32 Å². The van der Waals surface area contributed by atoms with E-state index in [1.165, 1.54) is 0 Å². The van der Waals surface area contributed by atoms with Crippen LogP contribution in [0, 0.1) is 0 Å². The lowest BCUT2D eigenvalue weighted by molar-refractivity contribution is 0.0186. The van der Waals surface area contributed by atoms with Crippen LogP contribution in [0.25, 0.3) is 5.57 Å². The molecule has 0 aliphatic carbocycles. The minimum atomic E-state index is -0.757. The number of aliphatic hydroxyl groups is 1. The smallest absolute Gasteiger partial charge is 0.408 e. The number of benzene rings is 3. The number of hydrogen-bond acceptors (Lipinski definition) is 5. The van der Waals surface area contributed by atoms with E-state index in [-0.39, 0.29) is 6.61 Å². The molecule has 0 aromatic heterocycles. The molecule has 0 bridgehead atoms. The van der Waals surface area contributed by atoms with E-state index in [0.29, 0.717) is 19.0 Å². The fourth-order valence-electron chi connectivity index (χ4n) is 3.90. The van der Waals surface area contributed by atoms with Crippen LogP contribution in [0.2, 0.25) is 0 Å². The molecule has 0 saturated heterocycles. The third-order valence-corrected chi connectivity index (χ3v) is 5.59. The van der Waals surface area contributed by atoms with E-state index in [1.54, 1.807) is 20.8 Å². The van der Waals surface area contributed by atoms with Crippen LogP contribution >= 0.6 is 0 Å². The Balaban J connectivity index is 1.90. The van der Waals surface area contributed by atoms with Crippen LogP contribution in [0.3, 0.4) is 0 Å². The van der Waals surface area contributed by atoms with E-state index in [1.807, 2.05) is 97.9 Å². The van der Waals surface area contributed by atoms with Crippen molar-refractivity contribution in [3.8, 4) is 5.75 Å². The highest BCUT2D eigenvalue weighted by molar-refractivity contribution is 5.75. The molecule has 6 heteroatoms. The fourth-order valence-corrected chi connectivity index (χ4v) is 3.90. The maximum Gasteiger partial charge on any atom is 0.408 e. The zero-order valence-electron chi connectivity index (χ0n) is 22.0. The lowest BCUT2D eigenvalue weighted by Gasteiger charge is -2.31. The molecule has 3 aromatic carbocycles. The summed E-state index contributed by atoms with van der Waals surface area (Å²) in [7, 11) is 0. The Labute approximate surface area is 219 Å². The third-order valence-electron chi connectivity index (χ3n) is 5.59. The number of ether oxygens (including phenoxy) is 3. The molecule has 6 nitrogen and oxygen atoms in total. The summed E-state index contributed by atoms with van der Waals surface area (Å²) in [5, 5.41) is 13.1. The number of alkyl carbamates (subject to hydrolysis) is 1. The normalized spacial score (nSPS) is 13.5. The maximum atomic E-state index is 12.6. The number of rotatable bonds is 11. The first-order chi connectivity index (χ1) is 17.8. The Morgan fingerprint density at radius 1 is 0.892 bits per heavy atom. The second-order valence-corrected chi connectivity index (χ2v) is 9.67. The fraction of sp³-hybridized carbons (Fsp3) is 0.323. The van der Waals surface area contributed by atoms with Gasteiger partial charge in [0.15, 0.2) is 0 Å². The van der Waals surface area contributed by atoms with Crippen molar-refractivity contribution >= 4 is 11.7 Å². The number of nitrogens with one attached hydrogen (secondary N) is 1. The lowest BCUT2D eigenvalue weighted by atomic mass is 9.94.